The van der Waals surface area contributed by atoms with Gasteiger partial charge in [0.15, 0.2) is 5.78 Å². The molecule has 0 radical (unpaired) electrons. The zero-order valence-electron chi connectivity index (χ0n) is 23.1. The summed E-state index contributed by atoms with van der Waals surface area (Å²) in [6, 6.07) is 8.22. The lowest BCUT2D eigenvalue weighted by molar-refractivity contribution is 0.0904. The zero-order valence-corrected chi connectivity index (χ0v) is 23.9. The number of benzene rings is 2. The maximum absolute atomic E-state index is 13.8. The van der Waals surface area contributed by atoms with Crippen molar-refractivity contribution in [2.45, 2.75) is 43.2 Å². The van der Waals surface area contributed by atoms with E-state index in [0.29, 0.717) is 55.7 Å². The van der Waals surface area contributed by atoms with Crippen LogP contribution in [0.4, 0.5) is 20.2 Å². The van der Waals surface area contributed by atoms with Gasteiger partial charge in [-0.25, -0.2) is 17.2 Å². The van der Waals surface area contributed by atoms with E-state index >= 15 is 0 Å². The number of morpholine rings is 1. The highest BCUT2D eigenvalue weighted by Gasteiger charge is 2.32. The number of aromatic nitrogens is 2. The molecule has 10 nitrogen and oxygen atoms in total. The lowest BCUT2D eigenvalue weighted by atomic mass is 9.98. The number of hydrogen-bond acceptors (Lipinski definition) is 8. The van der Waals surface area contributed by atoms with Crippen molar-refractivity contribution in [1.82, 2.24) is 14.5 Å². The van der Waals surface area contributed by atoms with Crippen LogP contribution >= 0.6 is 0 Å². The summed E-state index contributed by atoms with van der Waals surface area (Å²) < 4.78 is 66.2. The minimum atomic E-state index is -4.17. The van der Waals surface area contributed by atoms with E-state index in [1.54, 1.807) is 0 Å². The molecule has 0 amide bonds. The molecule has 2 saturated heterocycles. The van der Waals surface area contributed by atoms with Crippen LogP contribution in [-0.4, -0.2) is 80.8 Å². The Morgan fingerprint density at radius 1 is 1.00 bits per heavy atom. The van der Waals surface area contributed by atoms with Gasteiger partial charge in [0.05, 0.1) is 30.2 Å². The van der Waals surface area contributed by atoms with Crippen LogP contribution < -0.4 is 10.2 Å². The Hall–Kier alpha value is -3.39. The summed E-state index contributed by atoms with van der Waals surface area (Å²) in [4.78, 5) is 15.5. The van der Waals surface area contributed by atoms with Gasteiger partial charge < -0.3 is 19.7 Å². The lowest BCUT2D eigenvalue weighted by Gasteiger charge is -2.30. The highest BCUT2D eigenvalue weighted by atomic mass is 32.2. The van der Waals surface area contributed by atoms with Crippen molar-refractivity contribution in [3.8, 4) is 0 Å². The summed E-state index contributed by atoms with van der Waals surface area (Å²) in [5.74, 6) is -2.09. The fourth-order valence-electron chi connectivity index (χ4n) is 5.73. The Morgan fingerprint density at radius 3 is 2.45 bits per heavy atom. The van der Waals surface area contributed by atoms with Gasteiger partial charge >= 0.3 is 0 Å². The van der Waals surface area contributed by atoms with Gasteiger partial charge in [-0.2, -0.15) is 9.40 Å². The number of anilines is 2. The largest absolute Gasteiger partial charge is 0.381 e. The monoisotopic (exact) mass is 601 g/mol. The first kappa shape index (κ1) is 28.7. The fraction of sp³-hybridized carbons (Fsp3) is 0.448. The summed E-state index contributed by atoms with van der Waals surface area (Å²) >= 11 is 0. The molecule has 0 saturated carbocycles. The first-order valence-corrected chi connectivity index (χ1v) is 15.6. The number of ether oxygens (including phenoxy) is 2. The number of carbonyl (C=O) groups excluding carboxylic acids is 1. The summed E-state index contributed by atoms with van der Waals surface area (Å²) in [5.41, 5.74) is 4.10. The predicted octanol–water partition coefficient (Wildman–Crippen LogP) is 3.29. The number of Topliss-reactive ketones (excluding diaryl/α,β-unsaturated/α-hetero) is 1. The molecule has 224 valence electrons. The van der Waals surface area contributed by atoms with E-state index < -0.39 is 26.6 Å². The van der Waals surface area contributed by atoms with E-state index in [1.165, 1.54) is 4.31 Å². The summed E-state index contributed by atoms with van der Waals surface area (Å²) in [6.45, 7) is 4.21. The Kier molecular flexibility index (Phi) is 8.26. The van der Waals surface area contributed by atoms with Crippen molar-refractivity contribution >= 4 is 27.2 Å². The Labute approximate surface area is 243 Å². The minimum Gasteiger partial charge on any atom is -0.381 e. The molecule has 0 bridgehead atoms. The van der Waals surface area contributed by atoms with Gasteiger partial charge in [-0.05, 0) is 43.2 Å². The van der Waals surface area contributed by atoms with Gasteiger partial charge in [-0.3, -0.25) is 9.89 Å². The molecule has 1 aromatic heterocycles. The van der Waals surface area contributed by atoms with Crippen LogP contribution in [0.5, 0.6) is 0 Å². The minimum absolute atomic E-state index is 0.0341. The molecular formula is C29H33F2N5O5S. The lowest BCUT2D eigenvalue weighted by Crippen LogP contribution is -2.36. The Balaban J connectivity index is 1.24. The number of hydrogen-bond donors (Lipinski definition) is 2. The molecule has 3 aliphatic rings. The first-order chi connectivity index (χ1) is 20.3. The molecule has 4 heterocycles. The molecule has 3 aliphatic heterocycles. The predicted molar refractivity (Wildman–Crippen MR) is 151 cm³/mol. The highest BCUT2D eigenvalue weighted by molar-refractivity contribution is 7.89. The molecule has 42 heavy (non-hydrogen) atoms. The third kappa shape index (κ3) is 6.05. The average Bonchev–Trinajstić information content (AvgIpc) is 3.39. The van der Waals surface area contributed by atoms with Crippen LogP contribution in [-0.2, 0) is 38.9 Å². The zero-order chi connectivity index (χ0) is 29.3. The first-order valence-electron chi connectivity index (χ1n) is 14.1. The van der Waals surface area contributed by atoms with Crippen molar-refractivity contribution in [3.63, 3.8) is 0 Å². The second kappa shape index (κ2) is 12.1. The molecular weight excluding hydrogens is 568 g/mol. The number of rotatable bonds is 8. The molecule has 2 N–H and O–H groups in total. The smallest absolute Gasteiger partial charge is 0.243 e. The molecule has 0 aliphatic carbocycles. The maximum atomic E-state index is 13.8. The third-order valence-corrected chi connectivity index (χ3v) is 9.87. The SMILES string of the molecule is O=C(Cc1n[nH]c2c1CN(S(=O)(=O)c1cc(F)cc(F)c1)CC2)c1ccc(N2CCOCC2)cc1NC1CCOCC1. The average molecular weight is 602 g/mol. The van der Waals surface area contributed by atoms with Gasteiger partial charge in [0.1, 0.15) is 11.6 Å². The highest BCUT2D eigenvalue weighted by Crippen LogP contribution is 2.30. The molecule has 2 fully saturated rings. The summed E-state index contributed by atoms with van der Waals surface area (Å²) in [5, 5.41) is 10.9. The van der Waals surface area contributed by atoms with E-state index in [-0.39, 0.29) is 31.3 Å². The normalized spacial score (nSPS) is 18.6. The molecule has 0 atom stereocenters. The van der Waals surface area contributed by atoms with Crippen LogP contribution in [0.15, 0.2) is 41.3 Å². The van der Waals surface area contributed by atoms with Crippen LogP contribution in [0.2, 0.25) is 0 Å². The number of sulfonamides is 1. The van der Waals surface area contributed by atoms with Crippen LogP contribution in [0.25, 0.3) is 0 Å². The number of H-pyrrole nitrogens is 1. The molecule has 0 unspecified atom stereocenters. The third-order valence-electron chi connectivity index (χ3n) is 8.05. The number of aromatic amines is 1. The molecule has 2 aromatic carbocycles. The van der Waals surface area contributed by atoms with E-state index in [4.69, 9.17) is 9.47 Å². The molecule has 6 rings (SSSR count). The van der Waals surface area contributed by atoms with Gasteiger partial charge in [0.2, 0.25) is 10.0 Å². The van der Waals surface area contributed by atoms with E-state index in [9.17, 15) is 22.0 Å². The molecule has 0 spiro atoms. The number of nitrogens with one attached hydrogen (secondary N) is 2. The molecule has 13 heteroatoms. The molecule has 3 aromatic rings. The fourth-order valence-corrected chi connectivity index (χ4v) is 7.18. The Morgan fingerprint density at radius 2 is 1.71 bits per heavy atom. The second-order valence-corrected chi connectivity index (χ2v) is 12.7. The summed E-state index contributed by atoms with van der Waals surface area (Å²) in [6.07, 6.45) is 1.97. The van der Waals surface area contributed by atoms with Crippen molar-refractivity contribution in [3.05, 3.63) is 70.5 Å². The number of nitrogens with zero attached hydrogens (tertiary/aromatic N) is 3. The van der Waals surface area contributed by atoms with Crippen molar-refractivity contribution < 1.29 is 31.5 Å². The van der Waals surface area contributed by atoms with Crippen molar-refractivity contribution in [2.75, 3.05) is 56.3 Å². The van der Waals surface area contributed by atoms with Crippen molar-refractivity contribution in [1.29, 1.82) is 0 Å². The van der Waals surface area contributed by atoms with E-state index in [2.05, 4.69) is 20.4 Å². The van der Waals surface area contributed by atoms with Crippen molar-refractivity contribution in [2.24, 2.45) is 0 Å². The standard InChI is InChI=1S/C29H33F2N5O5S/c30-19-13-20(31)15-23(14-19)42(38,39)36-6-3-26-25(18-36)28(34-33-26)17-29(37)24-2-1-22(35-7-11-41-12-8-35)16-27(24)32-21-4-9-40-10-5-21/h1-2,13-16,21,32H,3-12,17-18H2,(H,33,34). The number of fused-ring (bicyclic) bond motifs is 1. The Bertz CT molecular complexity index is 1550. The second-order valence-electron chi connectivity index (χ2n) is 10.8. The number of carbonyl (C=O) groups is 1. The van der Waals surface area contributed by atoms with Crippen LogP contribution in [0.1, 0.15) is 40.2 Å². The van der Waals surface area contributed by atoms with Crippen LogP contribution in [0.3, 0.4) is 0 Å². The summed E-state index contributed by atoms with van der Waals surface area (Å²) in [7, 11) is -4.17. The number of halogens is 2. The van der Waals surface area contributed by atoms with E-state index in [1.807, 2.05) is 18.2 Å². The van der Waals surface area contributed by atoms with Gasteiger partial charge in [-0.1, -0.05) is 0 Å². The van der Waals surface area contributed by atoms with Gasteiger partial charge in [-0.15, -0.1) is 0 Å². The van der Waals surface area contributed by atoms with Crippen LogP contribution in [0, 0.1) is 11.6 Å². The van der Waals surface area contributed by atoms with Gasteiger partial charge in [0.25, 0.3) is 0 Å². The van der Waals surface area contributed by atoms with Gasteiger partial charge in [0, 0.05) is 86.1 Å². The quantitative estimate of drug-likeness (QED) is 0.378. The van der Waals surface area contributed by atoms with E-state index in [0.717, 1.165) is 55.1 Å². The topological polar surface area (TPSA) is 117 Å². The number of ketones is 1. The maximum Gasteiger partial charge on any atom is 0.243 e.